The highest BCUT2D eigenvalue weighted by Crippen LogP contribution is 2.39. The molecule has 0 spiro atoms. The van der Waals surface area contributed by atoms with Gasteiger partial charge in [-0.05, 0) is 34.2 Å². The van der Waals surface area contributed by atoms with Crippen molar-refractivity contribution in [2.45, 2.75) is 26.7 Å². The lowest BCUT2D eigenvalue weighted by Gasteiger charge is -2.39. The number of halogens is 2. The number of carbonyl (C=O) groups excluding carboxylic acids is 1. The van der Waals surface area contributed by atoms with Gasteiger partial charge in [0.05, 0.1) is 17.3 Å². The molecule has 20 heavy (non-hydrogen) atoms. The number of ether oxygens (including phenoxy) is 1. The number of anilines is 1. The minimum atomic E-state index is -0.394. The first kappa shape index (κ1) is 15.6. The Labute approximate surface area is 132 Å². The molecule has 1 aliphatic rings. The maximum Gasteiger partial charge on any atom is 0.341 e. The van der Waals surface area contributed by atoms with E-state index in [-0.39, 0.29) is 0 Å². The Balaban J connectivity index is 2.39. The average molecular weight is 362 g/mol. The molecule has 1 aromatic rings. The number of methoxy groups -OCH3 is 1. The third-order valence-electron chi connectivity index (χ3n) is 3.79. The normalized spacial score (nSPS) is 17.9. The molecule has 6 heteroatoms. The fraction of sp³-hybridized carbons (Fsp3) is 0.571. The summed E-state index contributed by atoms with van der Waals surface area (Å²) in [6.45, 7) is 6.30. The molecule has 0 aromatic carbocycles. The molecule has 1 fully saturated rings. The summed E-state index contributed by atoms with van der Waals surface area (Å²) < 4.78 is 5.49. The molecule has 4 nitrogen and oxygen atoms in total. The molecule has 0 N–H and O–H groups in total. The van der Waals surface area contributed by atoms with Crippen molar-refractivity contribution in [3.63, 3.8) is 0 Å². The lowest BCUT2D eigenvalue weighted by molar-refractivity contribution is 0.0600. The second kappa shape index (κ2) is 5.90. The van der Waals surface area contributed by atoms with E-state index in [9.17, 15) is 4.79 Å². The number of piperidine rings is 1. The molecule has 1 saturated heterocycles. The van der Waals surface area contributed by atoms with Crippen molar-refractivity contribution in [3.8, 4) is 0 Å². The maximum atomic E-state index is 11.9. The molecule has 0 saturated carbocycles. The summed E-state index contributed by atoms with van der Waals surface area (Å²) in [5.74, 6) is -0.394. The Morgan fingerprint density at radius 1 is 1.45 bits per heavy atom. The van der Waals surface area contributed by atoms with Gasteiger partial charge in [0.25, 0.3) is 0 Å². The van der Waals surface area contributed by atoms with E-state index in [0.717, 1.165) is 31.6 Å². The molecule has 2 rings (SSSR count). The second-order valence-corrected chi connectivity index (χ2v) is 6.92. The Morgan fingerprint density at radius 3 is 2.60 bits per heavy atom. The Bertz CT molecular complexity index is 524. The van der Waals surface area contributed by atoms with Crippen LogP contribution in [0.15, 0.2) is 10.7 Å². The largest absolute Gasteiger partial charge is 0.465 e. The van der Waals surface area contributed by atoms with E-state index in [2.05, 4.69) is 39.7 Å². The smallest absolute Gasteiger partial charge is 0.341 e. The number of hydrogen-bond acceptors (Lipinski definition) is 4. The number of pyridine rings is 1. The minimum absolute atomic E-state index is 0.339. The van der Waals surface area contributed by atoms with Crippen LogP contribution in [0.5, 0.6) is 0 Å². The molecule has 0 radical (unpaired) electrons. The van der Waals surface area contributed by atoms with Gasteiger partial charge < -0.3 is 9.64 Å². The maximum absolute atomic E-state index is 11.9. The number of aromatic nitrogens is 1. The Hall–Kier alpha value is -0.810. The number of rotatable bonds is 2. The van der Waals surface area contributed by atoms with E-state index in [1.54, 1.807) is 0 Å². The van der Waals surface area contributed by atoms with Crippen LogP contribution in [0.2, 0.25) is 5.15 Å². The Morgan fingerprint density at radius 2 is 2.05 bits per heavy atom. The SMILES string of the molecule is COC(=O)c1cnc(Cl)c(Br)c1N1CCC(C)(C)CC1. The zero-order valence-corrected chi connectivity index (χ0v) is 14.2. The van der Waals surface area contributed by atoms with E-state index in [4.69, 9.17) is 16.3 Å². The van der Waals surface area contributed by atoms with E-state index in [1.807, 2.05) is 0 Å². The molecule has 2 heterocycles. The van der Waals surface area contributed by atoms with Crippen molar-refractivity contribution in [3.05, 3.63) is 21.4 Å². The highest BCUT2D eigenvalue weighted by Gasteiger charge is 2.29. The summed E-state index contributed by atoms with van der Waals surface area (Å²) in [5, 5.41) is 0.359. The number of hydrogen-bond donors (Lipinski definition) is 0. The van der Waals surface area contributed by atoms with Gasteiger partial charge >= 0.3 is 5.97 Å². The van der Waals surface area contributed by atoms with Crippen molar-refractivity contribution in [2.24, 2.45) is 5.41 Å². The van der Waals surface area contributed by atoms with Crippen LogP contribution in [0.25, 0.3) is 0 Å². The molecular formula is C14H18BrClN2O2. The summed E-state index contributed by atoms with van der Waals surface area (Å²) in [6.07, 6.45) is 3.62. The van der Waals surface area contributed by atoms with Crippen molar-refractivity contribution in [1.82, 2.24) is 4.98 Å². The zero-order chi connectivity index (χ0) is 14.9. The van der Waals surface area contributed by atoms with Crippen LogP contribution in [0.1, 0.15) is 37.0 Å². The molecule has 0 amide bonds. The van der Waals surface area contributed by atoms with Gasteiger partial charge in [0.15, 0.2) is 0 Å². The first-order chi connectivity index (χ1) is 9.35. The summed E-state index contributed by atoms with van der Waals surface area (Å²) >= 11 is 9.52. The third kappa shape index (κ3) is 3.09. The number of carbonyl (C=O) groups is 1. The monoisotopic (exact) mass is 360 g/mol. The summed E-state index contributed by atoms with van der Waals surface area (Å²) in [7, 11) is 1.37. The average Bonchev–Trinajstić information content (AvgIpc) is 2.41. The predicted molar refractivity (Wildman–Crippen MR) is 83.5 cm³/mol. The number of esters is 1. The molecule has 110 valence electrons. The van der Waals surface area contributed by atoms with Gasteiger partial charge in [0.1, 0.15) is 10.7 Å². The van der Waals surface area contributed by atoms with Crippen molar-refractivity contribution >= 4 is 39.2 Å². The molecule has 0 unspecified atom stereocenters. The van der Waals surface area contributed by atoms with Crippen LogP contribution in [-0.4, -0.2) is 31.2 Å². The van der Waals surface area contributed by atoms with Crippen molar-refractivity contribution in [1.29, 1.82) is 0 Å². The van der Waals surface area contributed by atoms with Crippen LogP contribution in [0.4, 0.5) is 5.69 Å². The number of nitrogens with zero attached hydrogens (tertiary/aromatic N) is 2. The lowest BCUT2D eigenvalue weighted by atomic mass is 9.82. The van der Waals surface area contributed by atoms with Crippen LogP contribution in [-0.2, 0) is 4.74 Å². The van der Waals surface area contributed by atoms with Gasteiger partial charge in [0.2, 0.25) is 0 Å². The van der Waals surface area contributed by atoms with Gasteiger partial charge in [0, 0.05) is 19.3 Å². The van der Waals surface area contributed by atoms with Crippen LogP contribution in [0.3, 0.4) is 0 Å². The quantitative estimate of drug-likeness (QED) is 0.591. The molecule has 0 bridgehead atoms. The molecule has 1 aromatic heterocycles. The van der Waals surface area contributed by atoms with E-state index in [0.29, 0.717) is 20.6 Å². The van der Waals surface area contributed by atoms with Crippen molar-refractivity contribution < 1.29 is 9.53 Å². The predicted octanol–water partition coefficient (Wildman–Crippen LogP) is 3.91. The fourth-order valence-corrected chi connectivity index (χ4v) is 3.06. The summed E-state index contributed by atoms with van der Waals surface area (Å²) in [4.78, 5) is 18.1. The van der Waals surface area contributed by atoms with E-state index < -0.39 is 5.97 Å². The Kier molecular flexibility index (Phi) is 4.59. The molecular weight excluding hydrogens is 344 g/mol. The van der Waals surface area contributed by atoms with Crippen LogP contribution >= 0.6 is 27.5 Å². The van der Waals surface area contributed by atoms with Gasteiger partial charge in [-0.15, -0.1) is 0 Å². The standard InChI is InChI=1S/C14H18BrClN2O2/c1-14(2)4-6-18(7-5-14)11-9(13(19)20-3)8-17-12(16)10(11)15/h8H,4-7H2,1-3H3. The molecule has 0 atom stereocenters. The van der Waals surface area contributed by atoms with Gasteiger partial charge in [-0.2, -0.15) is 0 Å². The topological polar surface area (TPSA) is 42.4 Å². The highest BCUT2D eigenvalue weighted by atomic mass is 79.9. The van der Waals surface area contributed by atoms with Gasteiger partial charge in [-0.25, -0.2) is 9.78 Å². The van der Waals surface area contributed by atoms with E-state index in [1.165, 1.54) is 13.3 Å². The van der Waals surface area contributed by atoms with Crippen LogP contribution < -0.4 is 4.90 Å². The summed E-state index contributed by atoms with van der Waals surface area (Å²) in [5.41, 5.74) is 1.57. The van der Waals surface area contributed by atoms with E-state index >= 15 is 0 Å². The lowest BCUT2D eigenvalue weighted by Crippen LogP contribution is -2.38. The van der Waals surface area contributed by atoms with Gasteiger partial charge in [-0.1, -0.05) is 25.4 Å². The summed E-state index contributed by atoms with van der Waals surface area (Å²) in [6, 6.07) is 0. The van der Waals surface area contributed by atoms with Gasteiger partial charge in [-0.3, -0.25) is 0 Å². The molecule has 0 aliphatic carbocycles. The first-order valence-electron chi connectivity index (χ1n) is 6.53. The molecule has 1 aliphatic heterocycles. The minimum Gasteiger partial charge on any atom is -0.465 e. The second-order valence-electron chi connectivity index (χ2n) is 5.77. The highest BCUT2D eigenvalue weighted by molar-refractivity contribution is 9.10. The fourth-order valence-electron chi connectivity index (χ4n) is 2.36. The van der Waals surface area contributed by atoms with Crippen LogP contribution in [0, 0.1) is 5.41 Å². The van der Waals surface area contributed by atoms with Crippen molar-refractivity contribution in [2.75, 3.05) is 25.1 Å². The third-order valence-corrected chi connectivity index (χ3v) is 5.06. The first-order valence-corrected chi connectivity index (χ1v) is 7.70. The zero-order valence-electron chi connectivity index (χ0n) is 11.9.